The van der Waals surface area contributed by atoms with E-state index in [9.17, 15) is 20.4 Å². The van der Waals surface area contributed by atoms with E-state index in [2.05, 4.69) is 0 Å². The fourth-order valence-corrected chi connectivity index (χ4v) is 1.32. The van der Waals surface area contributed by atoms with Gasteiger partial charge in [0.1, 0.15) is 18.3 Å². The van der Waals surface area contributed by atoms with Crippen molar-refractivity contribution >= 4 is 0 Å². The Morgan fingerprint density at radius 1 is 1.23 bits per heavy atom. The van der Waals surface area contributed by atoms with Crippen LogP contribution in [0.2, 0.25) is 0 Å². The molecule has 0 spiro atoms. The molecule has 0 aliphatic carbocycles. The summed E-state index contributed by atoms with van der Waals surface area (Å²) >= 11 is 0. The normalized spacial score (nSPS) is 52.2. The van der Waals surface area contributed by atoms with Crippen molar-refractivity contribution in [1.29, 1.82) is 0 Å². The second-order valence-electron chi connectivity index (χ2n) is 3.25. The van der Waals surface area contributed by atoms with Crippen LogP contribution in [0.15, 0.2) is 0 Å². The van der Waals surface area contributed by atoms with E-state index in [1.54, 1.807) is 0 Å². The van der Waals surface area contributed by atoms with E-state index in [1.165, 1.54) is 6.92 Å². The second-order valence-corrected chi connectivity index (χ2v) is 3.25. The first-order chi connectivity index (χ1) is 5.92. The smallest absolute Gasteiger partial charge is 0.219 e. The lowest BCUT2D eigenvalue weighted by Crippen LogP contribution is -2.65. The van der Waals surface area contributed by atoms with Crippen LogP contribution in [0, 0.1) is 0 Å². The van der Waals surface area contributed by atoms with Gasteiger partial charge in [0.2, 0.25) is 5.79 Å². The maximum Gasteiger partial charge on any atom is 0.219 e. The van der Waals surface area contributed by atoms with Crippen LogP contribution in [-0.4, -0.2) is 62.3 Å². The lowest BCUT2D eigenvalue weighted by molar-refractivity contribution is -0.351. The molecular weight excluding hydrogens is 180 g/mol. The molecule has 0 aromatic carbocycles. The van der Waals surface area contributed by atoms with Crippen molar-refractivity contribution in [2.75, 3.05) is 6.61 Å². The molecule has 6 heteroatoms. The third-order valence-electron chi connectivity index (χ3n) is 2.23. The van der Waals surface area contributed by atoms with Gasteiger partial charge in [0, 0.05) is 0 Å². The van der Waals surface area contributed by atoms with Gasteiger partial charge in [-0.3, -0.25) is 0 Å². The van der Waals surface area contributed by atoms with Crippen molar-refractivity contribution < 1.29 is 30.3 Å². The highest BCUT2D eigenvalue weighted by molar-refractivity contribution is 4.94. The van der Waals surface area contributed by atoms with Crippen LogP contribution in [-0.2, 0) is 4.74 Å². The highest BCUT2D eigenvalue weighted by Gasteiger charge is 2.51. The van der Waals surface area contributed by atoms with Gasteiger partial charge in [-0.2, -0.15) is 0 Å². The maximum absolute atomic E-state index is 9.41. The van der Waals surface area contributed by atoms with Crippen LogP contribution in [0.25, 0.3) is 0 Å². The van der Waals surface area contributed by atoms with Gasteiger partial charge in [-0.25, -0.2) is 0 Å². The van der Waals surface area contributed by atoms with Crippen LogP contribution in [0.3, 0.4) is 0 Å². The third kappa shape index (κ3) is 1.69. The Morgan fingerprint density at radius 3 is 2.23 bits per heavy atom. The van der Waals surface area contributed by atoms with Crippen molar-refractivity contribution in [3.8, 4) is 0 Å². The molecule has 1 saturated heterocycles. The van der Waals surface area contributed by atoms with Gasteiger partial charge in [-0.1, -0.05) is 0 Å². The summed E-state index contributed by atoms with van der Waals surface area (Å²) in [6.07, 6.45) is -5.37. The molecule has 0 bridgehead atoms. The summed E-state index contributed by atoms with van der Waals surface area (Å²) in [6, 6.07) is 0. The molecule has 1 fully saturated rings. The zero-order valence-electron chi connectivity index (χ0n) is 7.16. The molecule has 0 unspecified atom stereocenters. The fourth-order valence-electron chi connectivity index (χ4n) is 1.32. The molecule has 0 saturated carbocycles. The fraction of sp³-hybridized carbons (Fsp3) is 1.00. The Morgan fingerprint density at radius 2 is 1.77 bits per heavy atom. The standard InChI is InChI=1S/C7H14O6/c1-3-4(9)5(10)6(11)7(12,2-8)13-3/h3-6,8-12H,2H2,1H3/t3-,4-,5+,6-,7+/m1/s1. The molecule has 13 heavy (non-hydrogen) atoms. The SMILES string of the molecule is C[C@H]1O[C@@](O)(CO)[C@H](O)[C@@H](O)[C@@H]1O. The zero-order chi connectivity index (χ0) is 10.2. The number of aliphatic hydroxyl groups excluding tert-OH is 4. The number of rotatable bonds is 1. The number of ether oxygens (including phenoxy) is 1. The van der Waals surface area contributed by atoms with Crippen LogP contribution in [0.1, 0.15) is 6.92 Å². The lowest BCUT2D eigenvalue weighted by Gasteiger charge is -2.43. The third-order valence-corrected chi connectivity index (χ3v) is 2.23. The molecule has 6 nitrogen and oxygen atoms in total. The summed E-state index contributed by atoms with van der Waals surface area (Å²) in [5, 5.41) is 45.8. The average molecular weight is 194 g/mol. The molecular formula is C7H14O6. The largest absolute Gasteiger partial charge is 0.391 e. The molecule has 1 aliphatic rings. The second kappa shape index (κ2) is 3.49. The first-order valence-corrected chi connectivity index (χ1v) is 3.97. The Hall–Kier alpha value is -0.240. The van der Waals surface area contributed by atoms with E-state index in [0.717, 1.165) is 0 Å². The van der Waals surface area contributed by atoms with Crippen molar-refractivity contribution in [3.05, 3.63) is 0 Å². The topological polar surface area (TPSA) is 110 Å². The Kier molecular flexibility index (Phi) is 2.91. The molecule has 1 rings (SSSR count). The van der Waals surface area contributed by atoms with E-state index in [-0.39, 0.29) is 0 Å². The Labute approximate surface area is 75.0 Å². The summed E-state index contributed by atoms with van der Waals surface area (Å²) in [5.41, 5.74) is 0. The van der Waals surface area contributed by atoms with Gasteiger partial charge in [0.25, 0.3) is 0 Å². The molecule has 0 amide bonds. The summed E-state index contributed by atoms with van der Waals surface area (Å²) < 4.78 is 4.76. The van der Waals surface area contributed by atoms with Crippen molar-refractivity contribution in [2.45, 2.75) is 37.1 Å². The number of hydrogen-bond donors (Lipinski definition) is 5. The maximum atomic E-state index is 9.41. The number of hydrogen-bond acceptors (Lipinski definition) is 6. The minimum atomic E-state index is -2.20. The van der Waals surface area contributed by atoms with Crippen molar-refractivity contribution in [2.24, 2.45) is 0 Å². The summed E-state index contributed by atoms with van der Waals surface area (Å²) in [4.78, 5) is 0. The van der Waals surface area contributed by atoms with Gasteiger partial charge in [0.15, 0.2) is 0 Å². The first-order valence-electron chi connectivity index (χ1n) is 3.97. The van der Waals surface area contributed by atoms with Gasteiger partial charge in [-0.15, -0.1) is 0 Å². The molecule has 78 valence electrons. The van der Waals surface area contributed by atoms with Gasteiger partial charge in [0.05, 0.1) is 12.7 Å². The molecule has 1 heterocycles. The van der Waals surface area contributed by atoms with Gasteiger partial charge >= 0.3 is 0 Å². The van der Waals surface area contributed by atoms with Crippen LogP contribution >= 0.6 is 0 Å². The molecule has 5 atom stereocenters. The molecule has 5 N–H and O–H groups in total. The Bertz CT molecular complexity index is 186. The highest BCUT2D eigenvalue weighted by atomic mass is 16.7. The van der Waals surface area contributed by atoms with Gasteiger partial charge < -0.3 is 30.3 Å². The van der Waals surface area contributed by atoms with E-state index in [1.807, 2.05) is 0 Å². The average Bonchev–Trinajstić information content (AvgIpc) is 2.12. The summed E-state index contributed by atoms with van der Waals surface area (Å²) in [5.74, 6) is -2.20. The van der Waals surface area contributed by atoms with E-state index < -0.39 is 36.8 Å². The highest BCUT2D eigenvalue weighted by Crippen LogP contribution is 2.27. The lowest BCUT2D eigenvalue weighted by atomic mass is 9.93. The van der Waals surface area contributed by atoms with E-state index in [0.29, 0.717) is 0 Å². The van der Waals surface area contributed by atoms with Crippen LogP contribution in [0.4, 0.5) is 0 Å². The molecule has 0 aromatic heterocycles. The van der Waals surface area contributed by atoms with Gasteiger partial charge in [-0.05, 0) is 6.92 Å². The first kappa shape index (κ1) is 10.8. The monoisotopic (exact) mass is 194 g/mol. The predicted octanol–water partition coefficient (Wildman–Crippen LogP) is -2.83. The minimum absolute atomic E-state index is 0.845. The predicted molar refractivity (Wildman–Crippen MR) is 40.6 cm³/mol. The minimum Gasteiger partial charge on any atom is -0.391 e. The van der Waals surface area contributed by atoms with Crippen LogP contribution < -0.4 is 0 Å². The van der Waals surface area contributed by atoms with Crippen molar-refractivity contribution in [1.82, 2.24) is 0 Å². The summed E-state index contributed by atoms with van der Waals surface area (Å²) in [6.45, 7) is 0.572. The quantitative estimate of drug-likeness (QED) is 0.308. The van der Waals surface area contributed by atoms with Crippen molar-refractivity contribution in [3.63, 3.8) is 0 Å². The number of aliphatic hydroxyl groups is 5. The zero-order valence-corrected chi connectivity index (χ0v) is 7.16. The Balaban J connectivity index is 2.82. The molecule has 0 aromatic rings. The van der Waals surface area contributed by atoms with E-state index in [4.69, 9.17) is 9.84 Å². The van der Waals surface area contributed by atoms with E-state index >= 15 is 0 Å². The van der Waals surface area contributed by atoms with Crippen LogP contribution in [0.5, 0.6) is 0 Å². The molecule has 0 radical (unpaired) electrons. The summed E-state index contributed by atoms with van der Waals surface area (Å²) in [7, 11) is 0. The molecule has 1 aliphatic heterocycles.